The van der Waals surface area contributed by atoms with Crippen LogP contribution in [0.4, 0.5) is 5.82 Å². The van der Waals surface area contributed by atoms with Gasteiger partial charge in [-0.25, -0.2) is 9.97 Å². The summed E-state index contributed by atoms with van der Waals surface area (Å²) in [6, 6.07) is -0.308. The molecule has 10 nitrogen and oxygen atoms in total. The predicted octanol–water partition coefficient (Wildman–Crippen LogP) is 0.936. The standard InChI is InChI=1S/C20H28N6O4/c1-5-17(27)26-7-6-15(30-4)14(10-26)24-16-9-22-19-18(25-16)13(8-21-19)20(28)23-12(2)11-29-3/h5,8-9,12,14-15H,1,6-7,10-11H2,2-4H3,(H,21,22)(H,23,28)(H,24,25)/t12-,14-,15+/m1/s1. The van der Waals surface area contributed by atoms with E-state index >= 15 is 0 Å². The van der Waals surface area contributed by atoms with E-state index < -0.39 is 0 Å². The van der Waals surface area contributed by atoms with E-state index in [1.165, 1.54) is 6.08 Å². The third-order valence-corrected chi connectivity index (χ3v) is 5.09. The van der Waals surface area contributed by atoms with Gasteiger partial charge in [0, 0.05) is 39.5 Å². The van der Waals surface area contributed by atoms with E-state index in [9.17, 15) is 9.59 Å². The van der Waals surface area contributed by atoms with E-state index in [1.807, 2.05) is 6.92 Å². The number of aromatic nitrogens is 3. The summed E-state index contributed by atoms with van der Waals surface area (Å²) in [4.78, 5) is 38.3. The van der Waals surface area contributed by atoms with Gasteiger partial charge in [0.15, 0.2) is 5.65 Å². The van der Waals surface area contributed by atoms with Crippen molar-refractivity contribution >= 4 is 28.8 Å². The number of anilines is 1. The Morgan fingerprint density at radius 2 is 2.27 bits per heavy atom. The highest BCUT2D eigenvalue weighted by atomic mass is 16.5. The minimum absolute atomic E-state index is 0.0831. The average molecular weight is 416 g/mol. The zero-order valence-electron chi connectivity index (χ0n) is 17.5. The molecule has 0 radical (unpaired) electrons. The zero-order valence-corrected chi connectivity index (χ0v) is 17.5. The summed E-state index contributed by atoms with van der Waals surface area (Å²) in [7, 11) is 3.23. The van der Waals surface area contributed by atoms with Crippen molar-refractivity contribution in [3.63, 3.8) is 0 Å². The number of amides is 2. The molecule has 30 heavy (non-hydrogen) atoms. The number of likely N-dealkylation sites (tertiary alicyclic amines) is 1. The van der Waals surface area contributed by atoms with Crippen LogP contribution in [0.3, 0.4) is 0 Å². The fraction of sp³-hybridized carbons (Fsp3) is 0.500. The lowest BCUT2D eigenvalue weighted by atomic mass is 10.0. The molecule has 3 heterocycles. The lowest BCUT2D eigenvalue weighted by molar-refractivity contribution is -0.128. The summed E-state index contributed by atoms with van der Waals surface area (Å²) in [5, 5.41) is 6.18. The molecule has 2 amide bonds. The van der Waals surface area contributed by atoms with Gasteiger partial charge >= 0.3 is 0 Å². The zero-order chi connectivity index (χ0) is 21.7. The van der Waals surface area contributed by atoms with Crippen molar-refractivity contribution in [3.8, 4) is 0 Å². The molecule has 0 spiro atoms. The number of hydrogen-bond donors (Lipinski definition) is 3. The van der Waals surface area contributed by atoms with Crippen LogP contribution in [0.25, 0.3) is 11.2 Å². The summed E-state index contributed by atoms with van der Waals surface area (Å²) in [5.74, 6) is 0.126. The Labute approximate surface area is 175 Å². The van der Waals surface area contributed by atoms with Crippen LogP contribution < -0.4 is 10.6 Å². The Bertz CT molecular complexity index is 914. The van der Waals surface area contributed by atoms with Gasteiger partial charge in [-0.05, 0) is 19.4 Å². The van der Waals surface area contributed by atoms with Crippen molar-refractivity contribution < 1.29 is 19.1 Å². The Morgan fingerprint density at radius 3 is 2.97 bits per heavy atom. The number of carbonyl (C=O) groups excluding carboxylic acids is 2. The first kappa shape index (κ1) is 21.7. The smallest absolute Gasteiger partial charge is 0.255 e. The number of H-pyrrole nitrogens is 1. The second-order valence-corrected chi connectivity index (χ2v) is 7.29. The van der Waals surface area contributed by atoms with E-state index in [-0.39, 0.29) is 30.0 Å². The first-order chi connectivity index (χ1) is 14.5. The van der Waals surface area contributed by atoms with Crippen molar-refractivity contribution in [2.24, 2.45) is 0 Å². The van der Waals surface area contributed by atoms with E-state index in [1.54, 1.807) is 31.5 Å². The number of ether oxygens (including phenoxy) is 2. The van der Waals surface area contributed by atoms with E-state index in [0.717, 1.165) is 0 Å². The molecular weight excluding hydrogens is 388 g/mol. The molecule has 0 aliphatic carbocycles. The van der Waals surface area contributed by atoms with Crippen LogP contribution in [0.1, 0.15) is 23.7 Å². The number of carbonyl (C=O) groups is 2. The number of rotatable bonds is 8. The molecular formula is C20H28N6O4. The summed E-state index contributed by atoms with van der Waals surface area (Å²) in [6.07, 6.45) is 5.10. The number of piperidine rings is 1. The second-order valence-electron chi connectivity index (χ2n) is 7.29. The van der Waals surface area contributed by atoms with Gasteiger partial charge in [0.2, 0.25) is 5.91 Å². The molecule has 0 saturated carbocycles. The minimum atomic E-state index is -0.257. The van der Waals surface area contributed by atoms with E-state index in [4.69, 9.17) is 9.47 Å². The Hall–Kier alpha value is -2.98. The summed E-state index contributed by atoms with van der Waals surface area (Å²) in [5.41, 5.74) is 1.38. The van der Waals surface area contributed by atoms with E-state index in [2.05, 4.69) is 32.2 Å². The highest BCUT2D eigenvalue weighted by Crippen LogP contribution is 2.21. The maximum atomic E-state index is 12.6. The Kier molecular flexibility index (Phi) is 7.01. The van der Waals surface area contributed by atoms with Crippen molar-refractivity contribution in [1.82, 2.24) is 25.2 Å². The largest absolute Gasteiger partial charge is 0.383 e. The number of aromatic amines is 1. The molecule has 10 heteroatoms. The molecule has 1 fully saturated rings. The topological polar surface area (TPSA) is 121 Å². The molecule has 3 atom stereocenters. The number of nitrogens with zero attached hydrogens (tertiary/aromatic N) is 3. The summed E-state index contributed by atoms with van der Waals surface area (Å²) >= 11 is 0. The molecule has 3 rings (SSSR count). The van der Waals surface area contributed by atoms with Gasteiger partial charge in [0.25, 0.3) is 5.91 Å². The molecule has 0 aromatic carbocycles. The van der Waals surface area contributed by atoms with Gasteiger partial charge in [-0.2, -0.15) is 0 Å². The van der Waals surface area contributed by atoms with Gasteiger partial charge in [-0.1, -0.05) is 6.58 Å². The third-order valence-electron chi connectivity index (χ3n) is 5.09. The highest BCUT2D eigenvalue weighted by Gasteiger charge is 2.31. The number of methoxy groups -OCH3 is 2. The lowest BCUT2D eigenvalue weighted by Gasteiger charge is -2.37. The fourth-order valence-electron chi connectivity index (χ4n) is 3.60. The molecule has 0 bridgehead atoms. The van der Waals surface area contributed by atoms with Crippen molar-refractivity contribution in [2.75, 3.05) is 39.2 Å². The van der Waals surface area contributed by atoms with Crippen LogP contribution >= 0.6 is 0 Å². The molecule has 2 aromatic rings. The minimum Gasteiger partial charge on any atom is -0.383 e. The monoisotopic (exact) mass is 416 g/mol. The maximum absolute atomic E-state index is 12.6. The predicted molar refractivity (Wildman–Crippen MR) is 112 cm³/mol. The van der Waals surface area contributed by atoms with Crippen LogP contribution in [0.2, 0.25) is 0 Å². The van der Waals surface area contributed by atoms with Crippen LogP contribution in [0, 0.1) is 0 Å². The quantitative estimate of drug-likeness (QED) is 0.548. The first-order valence-electron chi connectivity index (χ1n) is 9.81. The number of nitrogens with one attached hydrogen (secondary N) is 3. The summed E-state index contributed by atoms with van der Waals surface area (Å²) in [6.45, 7) is 6.89. The van der Waals surface area contributed by atoms with Crippen molar-refractivity contribution in [1.29, 1.82) is 0 Å². The lowest BCUT2D eigenvalue weighted by Crippen LogP contribution is -2.52. The van der Waals surface area contributed by atoms with Crippen molar-refractivity contribution in [3.05, 3.63) is 30.6 Å². The molecule has 3 N–H and O–H groups in total. The highest BCUT2D eigenvalue weighted by molar-refractivity contribution is 6.04. The molecule has 162 valence electrons. The van der Waals surface area contributed by atoms with Crippen LogP contribution in [0.5, 0.6) is 0 Å². The van der Waals surface area contributed by atoms with Crippen LogP contribution in [0.15, 0.2) is 25.0 Å². The average Bonchev–Trinajstić information content (AvgIpc) is 3.16. The van der Waals surface area contributed by atoms with Gasteiger partial charge in [0.05, 0.1) is 30.5 Å². The van der Waals surface area contributed by atoms with Crippen LogP contribution in [-0.4, -0.2) is 83.8 Å². The Morgan fingerprint density at radius 1 is 1.47 bits per heavy atom. The fourth-order valence-corrected chi connectivity index (χ4v) is 3.60. The first-order valence-corrected chi connectivity index (χ1v) is 9.81. The molecule has 2 aromatic heterocycles. The SMILES string of the molecule is C=CC(=O)N1CC[C@H](OC)[C@H](Nc2cnc3[nH]cc(C(=O)N[C@H](C)COC)c3n2)C1. The number of hydrogen-bond acceptors (Lipinski definition) is 7. The van der Waals surface area contributed by atoms with E-state index in [0.29, 0.717) is 48.7 Å². The molecule has 1 saturated heterocycles. The number of fused-ring (bicyclic) bond motifs is 1. The van der Waals surface area contributed by atoms with Gasteiger partial charge in [-0.15, -0.1) is 0 Å². The second kappa shape index (κ2) is 9.68. The van der Waals surface area contributed by atoms with Gasteiger partial charge in [-0.3, -0.25) is 9.59 Å². The Balaban J connectivity index is 1.79. The van der Waals surface area contributed by atoms with Crippen molar-refractivity contribution in [2.45, 2.75) is 31.5 Å². The summed E-state index contributed by atoms with van der Waals surface area (Å²) < 4.78 is 10.6. The van der Waals surface area contributed by atoms with Gasteiger partial charge in [0.1, 0.15) is 11.3 Å². The van der Waals surface area contributed by atoms with Gasteiger partial charge < -0.3 is 30.0 Å². The molecule has 1 aliphatic rings. The third kappa shape index (κ3) is 4.77. The normalized spacial score (nSPS) is 20.0. The van der Waals surface area contributed by atoms with Crippen LogP contribution in [-0.2, 0) is 14.3 Å². The molecule has 1 aliphatic heterocycles. The molecule has 0 unspecified atom stereocenters. The maximum Gasteiger partial charge on any atom is 0.255 e.